The molecule has 0 rings (SSSR count). The second-order valence-electron chi connectivity index (χ2n) is 2.72. The minimum atomic E-state index is -4.31. The minimum absolute atomic E-state index is 0.413. The number of nitrogens with one attached hydrogen (secondary N) is 1. The van der Waals surface area contributed by atoms with Crippen LogP contribution in [0.2, 0.25) is 0 Å². The Morgan fingerprint density at radius 3 is 2.00 bits per heavy atom. The quantitative estimate of drug-likeness (QED) is 0.498. The monoisotopic (exact) mass is 183 g/mol. The molecule has 12 heavy (non-hydrogen) atoms. The average molecular weight is 183 g/mol. The molecule has 0 aliphatic heterocycles. The molecule has 0 aliphatic carbocycles. The van der Waals surface area contributed by atoms with Crippen molar-refractivity contribution < 1.29 is 13.2 Å². The highest BCUT2D eigenvalue weighted by Gasteiger charge is 2.32. The minimum Gasteiger partial charge on any atom is -0.370 e. The van der Waals surface area contributed by atoms with Crippen LogP contribution in [0.1, 0.15) is 13.8 Å². The van der Waals surface area contributed by atoms with Crippen molar-refractivity contribution in [3.63, 3.8) is 0 Å². The molecule has 3 nitrogen and oxygen atoms in total. The fourth-order valence-corrected chi connectivity index (χ4v) is 0.739. The third-order valence-electron chi connectivity index (χ3n) is 1.28. The van der Waals surface area contributed by atoms with Crippen LogP contribution in [0.3, 0.4) is 0 Å². The zero-order valence-corrected chi connectivity index (χ0v) is 6.94. The van der Waals surface area contributed by atoms with E-state index >= 15 is 0 Å². The van der Waals surface area contributed by atoms with E-state index in [1.807, 2.05) is 0 Å². The van der Waals surface area contributed by atoms with Crippen molar-refractivity contribution in [2.24, 2.45) is 5.73 Å². The van der Waals surface area contributed by atoms with Crippen LogP contribution in [0.5, 0.6) is 0 Å². The van der Waals surface area contributed by atoms with Gasteiger partial charge in [0.05, 0.1) is 0 Å². The molecule has 0 unspecified atom stereocenters. The number of halogens is 3. The highest BCUT2D eigenvalue weighted by molar-refractivity contribution is 5.74. The summed E-state index contributed by atoms with van der Waals surface area (Å²) in [5, 5.41) is 6.87. The highest BCUT2D eigenvalue weighted by atomic mass is 19.4. The summed E-state index contributed by atoms with van der Waals surface area (Å²) in [4.78, 5) is 0.778. The van der Waals surface area contributed by atoms with Crippen molar-refractivity contribution in [2.45, 2.75) is 26.1 Å². The maximum atomic E-state index is 11.8. The molecule has 0 amide bonds. The summed E-state index contributed by atoms with van der Waals surface area (Å²) in [5.41, 5.74) is 4.95. The molecule has 0 spiro atoms. The number of alkyl halides is 3. The van der Waals surface area contributed by atoms with Gasteiger partial charge < -0.3 is 10.6 Å². The molecule has 0 radical (unpaired) electrons. The Kier molecular flexibility index (Phi) is 3.36. The van der Waals surface area contributed by atoms with Crippen LogP contribution in [0.15, 0.2) is 0 Å². The fourth-order valence-electron chi connectivity index (χ4n) is 0.739. The van der Waals surface area contributed by atoms with Crippen LogP contribution in [0, 0.1) is 5.41 Å². The Hall–Kier alpha value is -0.940. The summed E-state index contributed by atoms with van der Waals surface area (Å²) >= 11 is 0. The Morgan fingerprint density at radius 1 is 1.50 bits per heavy atom. The van der Waals surface area contributed by atoms with Crippen LogP contribution >= 0.6 is 0 Å². The van der Waals surface area contributed by atoms with Crippen LogP contribution < -0.4 is 5.73 Å². The Morgan fingerprint density at radius 2 is 1.92 bits per heavy atom. The van der Waals surface area contributed by atoms with Gasteiger partial charge in [-0.25, -0.2) is 0 Å². The van der Waals surface area contributed by atoms with Crippen molar-refractivity contribution in [3.05, 3.63) is 0 Å². The number of nitrogens with zero attached hydrogens (tertiary/aromatic N) is 1. The number of hydrogen-bond donors (Lipinski definition) is 2. The van der Waals surface area contributed by atoms with Gasteiger partial charge in [0.2, 0.25) is 0 Å². The lowest BCUT2D eigenvalue weighted by Crippen LogP contribution is -2.46. The molecule has 0 aliphatic rings. The first-order chi connectivity index (χ1) is 5.24. The van der Waals surface area contributed by atoms with Gasteiger partial charge in [-0.2, -0.15) is 13.2 Å². The van der Waals surface area contributed by atoms with E-state index in [9.17, 15) is 13.2 Å². The lowest BCUT2D eigenvalue weighted by atomic mass is 10.3. The van der Waals surface area contributed by atoms with Gasteiger partial charge in [0.1, 0.15) is 6.54 Å². The van der Waals surface area contributed by atoms with E-state index < -0.39 is 24.7 Å². The van der Waals surface area contributed by atoms with E-state index in [0.717, 1.165) is 4.90 Å². The largest absolute Gasteiger partial charge is 0.406 e. The topological polar surface area (TPSA) is 53.1 Å². The number of hydrogen-bond acceptors (Lipinski definition) is 1. The van der Waals surface area contributed by atoms with E-state index in [-0.39, 0.29) is 0 Å². The zero-order valence-electron chi connectivity index (χ0n) is 6.94. The average Bonchev–Trinajstić information content (AvgIpc) is 1.79. The number of rotatable bonds is 2. The molecule has 72 valence electrons. The van der Waals surface area contributed by atoms with Crippen LogP contribution in [0.4, 0.5) is 13.2 Å². The van der Waals surface area contributed by atoms with Gasteiger partial charge >= 0.3 is 6.18 Å². The maximum Gasteiger partial charge on any atom is 0.406 e. The van der Waals surface area contributed by atoms with E-state index in [2.05, 4.69) is 0 Å². The summed E-state index contributed by atoms with van der Waals surface area (Å²) in [6.07, 6.45) is -4.31. The van der Waals surface area contributed by atoms with Crippen molar-refractivity contribution in [3.8, 4) is 0 Å². The van der Waals surface area contributed by atoms with Crippen LogP contribution in [-0.2, 0) is 0 Å². The molecular formula is C6H12F3N3. The second kappa shape index (κ2) is 3.64. The van der Waals surface area contributed by atoms with Gasteiger partial charge in [0.15, 0.2) is 5.96 Å². The summed E-state index contributed by atoms with van der Waals surface area (Å²) in [5.74, 6) is -0.553. The molecule has 6 heteroatoms. The predicted octanol–water partition coefficient (Wildman–Crippen LogP) is 1.15. The van der Waals surface area contributed by atoms with E-state index in [1.165, 1.54) is 0 Å². The van der Waals surface area contributed by atoms with Gasteiger partial charge in [-0.3, -0.25) is 5.41 Å². The Labute approximate surface area is 68.8 Å². The lowest BCUT2D eigenvalue weighted by molar-refractivity contribution is -0.140. The van der Waals surface area contributed by atoms with E-state index in [0.29, 0.717) is 0 Å². The first kappa shape index (κ1) is 11.1. The summed E-state index contributed by atoms with van der Waals surface area (Å²) in [6, 6.07) is -0.413. The number of nitrogens with two attached hydrogens (primary N) is 1. The second-order valence-corrected chi connectivity index (χ2v) is 2.72. The van der Waals surface area contributed by atoms with Gasteiger partial charge in [0.25, 0.3) is 0 Å². The molecular weight excluding hydrogens is 171 g/mol. The third kappa shape index (κ3) is 4.05. The normalized spacial score (nSPS) is 11.8. The molecule has 0 fully saturated rings. The van der Waals surface area contributed by atoms with E-state index in [4.69, 9.17) is 11.1 Å². The molecule has 0 aromatic heterocycles. The Bertz CT molecular complexity index is 164. The molecule has 0 atom stereocenters. The SMILES string of the molecule is CC(C)N(CC(F)(F)F)C(=N)N. The standard InChI is InChI=1S/C6H12F3N3/c1-4(2)12(5(10)11)3-6(7,8)9/h4H,3H2,1-2H3,(H3,10,11). The molecule has 0 bridgehead atoms. The first-order valence-electron chi connectivity index (χ1n) is 3.41. The maximum absolute atomic E-state index is 11.8. The van der Waals surface area contributed by atoms with Gasteiger partial charge in [-0.05, 0) is 13.8 Å². The van der Waals surface area contributed by atoms with Gasteiger partial charge in [-0.1, -0.05) is 0 Å². The molecule has 0 saturated carbocycles. The van der Waals surface area contributed by atoms with Crippen molar-refractivity contribution in [1.82, 2.24) is 4.90 Å². The van der Waals surface area contributed by atoms with Crippen molar-refractivity contribution in [1.29, 1.82) is 5.41 Å². The highest BCUT2D eigenvalue weighted by Crippen LogP contribution is 2.17. The lowest BCUT2D eigenvalue weighted by Gasteiger charge is -2.27. The smallest absolute Gasteiger partial charge is 0.370 e. The van der Waals surface area contributed by atoms with Crippen LogP contribution in [0.25, 0.3) is 0 Å². The molecule has 0 heterocycles. The van der Waals surface area contributed by atoms with Gasteiger partial charge in [-0.15, -0.1) is 0 Å². The fraction of sp³-hybridized carbons (Fsp3) is 0.833. The summed E-state index contributed by atoms with van der Waals surface area (Å²) < 4.78 is 35.5. The van der Waals surface area contributed by atoms with Gasteiger partial charge in [0, 0.05) is 6.04 Å². The van der Waals surface area contributed by atoms with E-state index in [1.54, 1.807) is 13.8 Å². The summed E-state index contributed by atoms with van der Waals surface area (Å²) in [6.45, 7) is 1.93. The molecule has 0 aromatic carbocycles. The third-order valence-corrected chi connectivity index (χ3v) is 1.28. The molecule has 0 aromatic rings. The Balaban J connectivity index is 4.25. The van der Waals surface area contributed by atoms with Crippen LogP contribution in [-0.4, -0.2) is 29.6 Å². The molecule has 0 saturated heterocycles. The van der Waals surface area contributed by atoms with Crippen molar-refractivity contribution in [2.75, 3.05) is 6.54 Å². The zero-order chi connectivity index (χ0) is 9.94. The first-order valence-corrected chi connectivity index (χ1v) is 3.41. The summed E-state index contributed by atoms with van der Waals surface area (Å²) in [7, 11) is 0. The molecule has 3 N–H and O–H groups in total. The predicted molar refractivity (Wildman–Crippen MR) is 39.8 cm³/mol. The number of guanidine groups is 1. The van der Waals surface area contributed by atoms with Crippen molar-refractivity contribution >= 4 is 5.96 Å².